The molecule has 0 aliphatic rings. The van der Waals surface area contributed by atoms with Crippen LogP contribution in [0.15, 0.2) is 77.3 Å². The van der Waals surface area contributed by atoms with Crippen molar-refractivity contribution >= 4 is 33.4 Å². The summed E-state index contributed by atoms with van der Waals surface area (Å²) in [6, 6.07) is 22.6. The summed E-state index contributed by atoms with van der Waals surface area (Å²) in [6.45, 7) is 2.56. The molecular weight excluding hydrogens is 456 g/mol. The molecule has 0 heterocycles. The minimum atomic E-state index is -0.303. The van der Waals surface area contributed by atoms with E-state index in [4.69, 9.17) is 4.74 Å². The second-order valence-electron chi connectivity index (χ2n) is 7.04. The van der Waals surface area contributed by atoms with Crippen molar-refractivity contribution in [2.24, 2.45) is 0 Å². The number of anilines is 1. The van der Waals surface area contributed by atoms with E-state index < -0.39 is 0 Å². The molecule has 2 N–H and O–H groups in total. The first kappa shape index (κ1) is 22.6. The highest BCUT2D eigenvalue weighted by molar-refractivity contribution is 9.10. The highest BCUT2D eigenvalue weighted by Crippen LogP contribution is 2.30. The fourth-order valence-corrected chi connectivity index (χ4v) is 3.48. The van der Waals surface area contributed by atoms with Crippen LogP contribution in [0.25, 0.3) is 11.1 Å². The lowest BCUT2D eigenvalue weighted by Gasteiger charge is -2.11. The molecule has 6 heteroatoms. The van der Waals surface area contributed by atoms with Gasteiger partial charge in [0.2, 0.25) is 0 Å². The van der Waals surface area contributed by atoms with Crippen molar-refractivity contribution < 1.29 is 14.3 Å². The number of hydrogen-bond donors (Lipinski definition) is 2. The molecule has 0 saturated carbocycles. The number of amides is 2. The van der Waals surface area contributed by atoms with Gasteiger partial charge in [0.15, 0.2) is 6.61 Å². The smallest absolute Gasteiger partial charge is 0.262 e. The summed E-state index contributed by atoms with van der Waals surface area (Å²) in [4.78, 5) is 24.5. The van der Waals surface area contributed by atoms with Crippen molar-refractivity contribution in [2.75, 3.05) is 18.5 Å². The number of carbonyl (C=O) groups excluding carboxylic acids is 2. The number of carbonyl (C=O) groups is 2. The average molecular weight is 481 g/mol. The van der Waals surface area contributed by atoms with Crippen LogP contribution in [0.1, 0.15) is 30.1 Å². The van der Waals surface area contributed by atoms with E-state index in [2.05, 4.69) is 33.5 Å². The van der Waals surface area contributed by atoms with Gasteiger partial charge in [0.25, 0.3) is 11.8 Å². The number of nitrogens with one attached hydrogen (secondary N) is 2. The van der Waals surface area contributed by atoms with Crippen LogP contribution >= 0.6 is 15.9 Å². The molecule has 0 spiro atoms. The van der Waals surface area contributed by atoms with Crippen LogP contribution in [0.3, 0.4) is 0 Å². The Hall–Kier alpha value is -3.12. The number of hydrogen-bond acceptors (Lipinski definition) is 3. The van der Waals surface area contributed by atoms with Gasteiger partial charge in [-0.3, -0.25) is 9.59 Å². The molecule has 0 radical (unpaired) electrons. The SMILES string of the molecule is CCCCNC(=O)c1cccc(NC(=O)COc2ccc(-c3ccccc3)cc2Br)c1. The molecule has 3 aromatic rings. The van der Waals surface area contributed by atoms with Gasteiger partial charge < -0.3 is 15.4 Å². The molecule has 3 aromatic carbocycles. The van der Waals surface area contributed by atoms with Crippen LogP contribution in [0.2, 0.25) is 0 Å². The van der Waals surface area contributed by atoms with E-state index in [0.717, 1.165) is 28.4 Å². The number of unbranched alkanes of at least 4 members (excludes halogenated alkanes) is 1. The predicted octanol–water partition coefficient (Wildman–Crippen LogP) is 5.66. The van der Waals surface area contributed by atoms with Crippen LogP contribution in [0.4, 0.5) is 5.69 Å². The maximum Gasteiger partial charge on any atom is 0.262 e. The summed E-state index contributed by atoms with van der Waals surface area (Å²) in [5.74, 6) is 0.129. The quantitative estimate of drug-likeness (QED) is 0.388. The standard InChI is InChI=1S/C25H25BrN2O3/c1-2-3-14-27-25(30)20-10-7-11-21(15-20)28-24(29)17-31-23-13-12-19(16-22(23)26)18-8-5-4-6-9-18/h4-13,15-16H,2-3,14,17H2,1H3,(H,27,30)(H,28,29). The maximum atomic E-state index is 12.3. The fraction of sp³-hybridized carbons (Fsp3) is 0.200. The van der Waals surface area contributed by atoms with Crippen molar-refractivity contribution in [2.45, 2.75) is 19.8 Å². The number of rotatable bonds is 9. The van der Waals surface area contributed by atoms with Crippen LogP contribution in [0, 0.1) is 0 Å². The van der Waals surface area contributed by atoms with Crippen LogP contribution in [0.5, 0.6) is 5.75 Å². The Morgan fingerprint density at radius 1 is 0.935 bits per heavy atom. The Morgan fingerprint density at radius 3 is 2.48 bits per heavy atom. The summed E-state index contributed by atoms with van der Waals surface area (Å²) in [6.07, 6.45) is 1.95. The molecule has 0 aliphatic carbocycles. The number of benzene rings is 3. The van der Waals surface area contributed by atoms with Gasteiger partial charge in [-0.1, -0.05) is 55.8 Å². The second-order valence-corrected chi connectivity index (χ2v) is 7.89. The first-order chi connectivity index (χ1) is 15.1. The third-order valence-electron chi connectivity index (χ3n) is 4.62. The number of ether oxygens (including phenoxy) is 1. The van der Waals surface area contributed by atoms with E-state index in [-0.39, 0.29) is 18.4 Å². The molecule has 3 rings (SSSR count). The summed E-state index contributed by atoms with van der Waals surface area (Å²) in [5, 5.41) is 5.64. The molecule has 160 valence electrons. The first-order valence-corrected chi connectivity index (χ1v) is 11.0. The Morgan fingerprint density at radius 2 is 1.74 bits per heavy atom. The lowest BCUT2D eigenvalue weighted by atomic mass is 10.1. The molecule has 0 saturated heterocycles. The fourth-order valence-electron chi connectivity index (χ4n) is 2.99. The van der Waals surface area contributed by atoms with Gasteiger partial charge in [-0.2, -0.15) is 0 Å². The van der Waals surface area contributed by atoms with E-state index in [1.807, 2.05) is 48.5 Å². The van der Waals surface area contributed by atoms with Crippen molar-refractivity contribution in [3.63, 3.8) is 0 Å². The molecule has 2 amide bonds. The molecule has 5 nitrogen and oxygen atoms in total. The Balaban J connectivity index is 1.56. The van der Waals surface area contributed by atoms with Crippen molar-refractivity contribution in [1.29, 1.82) is 0 Å². The van der Waals surface area contributed by atoms with Gasteiger partial charge in [0.05, 0.1) is 4.47 Å². The third kappa shape index (κ3) is 6.69. The maximum absolute atomic E-state index is 12.3. The molecule has 0 unspecified atom stereocenters. The summed E-state index contributed by atoms with van der Waals surface area (Å²) in [5.41, 5.74) is 3.22. The first-order valence-electron chi connectivity index (χ1n) is 10.2. The van der Waals surface area contributed by atoms with Crippen molar-refractivity contribution in [3.8, 4) is 16.9 Å². The van der Waals surface area contributed by atoms with Gasteiger partial charge in [-0.25, -0.2) is 0 Å². The zero-order chi connectivity index (χ0) is 22.1. The van der Waals surface area contributed by atoms with Gasteiger partial charge >= 0.3 is 0 Å². The van der Waals surface area contributed by atoms with Gasteiger partial charge in [0.1, 0.15) is 5.75 Å². The average Bonchev–Trinajstić information content (AvgIpc) is 2.79. The minimum Gasteiger partial charge on any atom is -0.483 e. The topological polar surface area (TPSA) is 67.4 Å². The largest absolute Gasteiger partial charge is 0.483 e. The lowest BCUT2D eigenvalue weighted by molar-refractivity contribution is -0.118. The van der Waals surface area contributed by atoms with E-state index in [0.29, 0.717) is 23.5 Å². The molecule has 0 fully saturated rings. The zero-order valence-corrected chi connectivity index (χ0v) is 18.9. The summed E-state index contributed by atoms with van der Waals surface area (Å²) >= 11 is 3.51. The van der Waals surface area contributed by atoms with E-state index in [1.54, 1.807) is 24.3 Å². The minimum absolute atomic E-state index is 0.143. The van der Waals surface area contributed by atoms with Crippen LogP contribution in [-0.2, 0) is 4.79 Å². The third-order valence-corrected chi connectivity index (χ3v) is 5.24. The highest BCUT2D eigenvalue weighted by atomic mass is 79.9. The molecule has 0 atom stereocenters. The van der Waals surface area contributed by atoms with E-state index >= 15 is 0 Å². The predicted molar refractivity (Wildman–Crippen MR) is 127 cm³/mol. The Kier molecular flexibility index (Phi) is 8.24. The van der Waals surface area contributed by atoms with Gasteiger partial charge in [-0.15, -0.1) is 0 Å². The molecular formula is C25H25BrN2O3. The zero-order valence-electron chi connectivity index (χ0n) is 17.4. The summed E-state index contributed by atoms with van der Waals surface area (Å²) < 4.78 is 6.44. The van der Waals surface area contributed by atoms with Crippen LogP contribution in [-0.4, -0.2) is 25.0 Å². The molecule has 0 bridgehead atoms. The van der Waals surface area contributed by atoms with Crippen LogP contribution < -0.4 is 15.4 Å². The Labute approximate surface area is 191 Å². The lowest BCUT2D eigenvalue weighted by Crippen LogP contribution is -2.25. The molecule has 0 aliphatic heterocycles. The Bertz CT molecular complexity index is 1040. The second kappa shape index (κ2) is 11.3. The highest BCUT2D eigenvalue weighted by Gasteiger charge is 2.10. The van der Waals surface area contributed by atoms with Crippen molar-refractivity contribution in [1.82, 2.24) is 5.32 Å². The molecule has 31 heavy (non-hydrogen) atoms. The number of halogens is 1. The van der Waals surface area contributed by atoms with Gasteiger partial charge in [-0.05, 0) is 63.8 Å². The normalized spacial score (nSPS) is 10.4. The van der Waals surface area contributed by atoms with Crippen molar-refractivity contribution in [3.05, 3.63) is 82.8 Å². The van der Waals surface area contributed by atoms with E-state index in [9.17, 15) is 9.59 Å². The summed E-state index contributed by atoms with van der Waals surface area (Å²) in [7, 11) is 0. The molecule has 0 aromatic heterocycles. The van der Waals surface area contributed by atoms with E-state index in [1.165, 1.54) is 0 Å². The monoisotopic (exact) mass is 480 g/mol. The van der Waals surface area contributed by atoms with Gasteiger partial charge in [0, 0.05) is 17.8 Å².